The molecule has 0 aromatic carbocycles. The van der Waals surface area contributed by atoms with Crippen molar-refractivity contribution in [2.45, 2.75) is 57.9 Å². The van der Waals surface area contributed by atoms with E-state index in [1.807, 2.05) is 4.90 Å². The van der Waals surface area contributed by atoms with Crippen LogP contribution in [0.4, 0.5) is 0 Å². The predicted octanol–water partition coefficient (Wildman–Crippen LogP) is 1.95. The lowest BCUT2D eigenvalue weighted by atomic mass is 9.87. The van der Waals surface area contributed by atoms with Crippen molar-refractivity contribution in [2.24, 2.45) is 17.8 Å². The van der Waals surface area contributed by atoms with Crippen LogP contribution in [-0.4, -0.2) is 48.9 Å². The van der Waals surface area contributed by atoms with Crippen LogP contribution >= 0.6 is 12.4 Å². The van der Waals surface area contributed by atoms with Crippen molar-refractivity contribution < 1.29 is 9.59 Å². The van der Waals surface area contributed by atoms with Crippen molar-refractivity contribution in [3.05, 3.63) is 0 Å². The molecule has 0 bridgehead atoms. The first-order valence-electron chi connectivity index (χ1n) is 9.45. The van der Waals surface area contributed by atoms with Gasteiger partial charge in [-0.2, -0.15) is 0 Å². The summed E-state index contributed by atoms with van der Waals surface area (Å²) in [6, 6.07) is 0.258. The Bertz CT molecular complexity index is 428. The van der Waals surface area contributed by atoms with E-state index < -0.39 is 0 Å². The summed E-state index contributed by atoms with van der Waals surface area (Å²) >= 11 is 0. The molecule has 0 radical (unpaired) electrons. The number of hydrogen-bond donors (Lipinski definition) is 2. The minimum Gasteiger partial charge on any atom is -0.353 e. The van der Waals surface area contributed by atoms with E-state index in [9.17, 15) is 9.59 Å². The summed E-state index contributed by atoms with van der Waals surface area (Å²) in [5.74, 6) is 1.42. The molecule has 0 spiro atoms. The summed E-state index contributed by atoms with van der Waals surface area (Å²) in [7, 11) is 0. The second kappa shape index (κ2) is 9.04. The van der Waals surface area contributed by atoms with Crippen molar-refractivity contribution in [3.8, 4) is 0 Å². The Kier molecular flexibility index (Phi) is 7.35. The molecule has 1 aliphatic carbocycles. The van der Waals surface area contributed by atoms with Crippen LogP contribution in [0.3, 0.4) is 0 Å². The maximum atomic E-state index is 12.5. The Balaban J connectivity index is 0.00000208. The number of nitrogens with one attached hydrogen (secondary N) is 2. The quantitative estimate of drug-likeness (QED) is 0.808. The average molecular weight is 358 g/mol. The molecule has 1 atom stereocenters. The van der Waals surface area contributed by atoms with Crippen LogP contribution in [0.2, 0.25) is 0 Å². The van der Waals surface area contributed by atoms with E-state index >= 15 is 0 Å². The molecule has 3 rings (SSSR count). The fourth-order valence-corrected chi connectivity index (χ4v) is 4.08. The molecule has 2 N–H and O–H groups in total. The summed E-state index contributed by atoms with van der Waals surface area (Å²) in [6.07, 6.45) is 7.57. The molecule has 1 saturated carbocycles. The van der Waals surface area contributed by atoms with E-state index in [1.54, 1.807) is 0 Å². The highest BCUT2D eigenvalue weighted by Crippen LogP contribution is 2.25. The number of likely N-dealkylation sites (tertiary alicyclic amines) is 1. The van der Waals surface area contributed by atoms with Gasteiger partial charge in [-0.3, -0.25) is 9.59 Å². The highest BCUT2D eigenvalue weighted by Gasteiger charge is 2.33. The van der Waals surface area contributed by atoms with Gasteiger partial charge in [0.1, 0.15) is 0 Å². The molecule has 5 nitrogen and oxygen atoms in total. The number of carbonyl (C=O) groups excluding carboxylic acids is 2. The lowest BCUT2D eigenvalue weighted by molar-refractivity contribution is -0.138. The molecule has 138 valence electrons. The van der Waals surface area contributed by atoms with Gasteiger partial charge < -0.3 is 15.5 Å². The first-order chi connectivity index (χ1) is 11.1. The summed E-state index contributed by atoms with van der Waals surface area (Å²) in [5, 5.41) is 6.48. The minimum atomic E-state index is 0. The molecule has 2 saturated heterocycles. The highest BCUT2D eigenvalue weighted by molar-refractivity contribution is 5.85. The molecule has 0 aromatic rings. The van der Waals surface area contributed by atoms with Crippen molar-refractivity contribution in [3.63, 3.8) is 0 Å². The topological polar surface area (TPSA) is 61.4 Å². The number of nitrogens with zero attached hydrogens (tertiary/aromatic N) is 1. The number of piperidine rings is 1. The lowest BCUT2D eigenvalue weighted by Crippen LogP contribution is -2.53. The van der Waals surface area contributed by atoms with E-state index in [2.05, 4.69) is 17.6 Å². The zero-order valence-electron chi connectivity index (χ0n) is 14.8. The predicted molar refractivity (Wildman–Crippen MR) is 97.1 cm³/mol. The fraction of sp³-hybridized carbons (Fsp3) is 0.889. The standard InChI is InChI=1S/C18H31N3O2.ClH/c1-13(15-11-19-12-15)18(23)21-9-7-16(8-10-21)20-17(22)14-5-3-2-4-6-14;/h13-16,19H,2-12H2,1H3,(H,20,22);1H. The summed E-state index contributed by atoms with van der Waals surface area (Å²) < 4.78 is 0. The normalized spacial score (nSPS) is 24.6. The van der Waals surface area contributed by atoms with Gasteiger partial charge >= 0.3 is 0 Å². The molecule has 24 heavy (non-hydrogen) atoms. The van der Waals surface area contributed by atoms with Crippen LogP contribution in [0.15, 0.2) is 0 Å². The molecule has 3 fully saturated rings. The van der Waals surface area contributed by atoms with Gasteiger partial charge in [-0.25, -0.2) is 0 Å². The molecule has 2 amide bonds. The smallest absolute Gasteiger partial charge is 0.225 e. The van der Waals surface area contributed by atoms with Gasteiger partial charge in [0, 0.05) is 31.0 Å². The van der Waals surface area contributed by atoms with Crippen LogP contribution in [0, 0.1) is 17.8 Å². The number of rotatable bonds is 4. The monoisotopic (exact) mass is 357 g/mol. The SMILES string of the molecule is CC(C(=O)N1CCC(NC(=O)C2CCCCC2)CC1)C1CNC1.Cl. The largest absolute Gasteiger partial charge is 0.353 e. The van der Waals surface area contributed by atoms with Crippen LogP contribution in [-0.2, 0) is 9.59 Å². The second-order valence-electron chi connectivity index (χ2n) is 7.65. The third-order valence-corrected chi connectivity index (χ3v) is 6.04. The molecule has 1 unspecified atom stereocenters. The van der Waals surface area contributed by atoms with E-state index in [4.69, 9.17) is 0 Å². The fourth-order valence-electron chi connectivity index (χ4n) is 4.08. The van der Waals surface area contributed by atoms with Gasteiger partial charge in [0.2, 0.25) is 11.8 Å². The summed E-state index contributed by atoms with van der Waals surface area (Å²) in [6.45, 7) is 5.59. The second-order valence-corrected chi connectivity index (χ2v) is 7.65. The van der Waals surface area contributed by atoms with Crippen molar-refractivity contribution in [1.82, 2.24) is 15.5 Å². The van der Waals surface area contributed by atoms with Gasteiger partial charge in [0.05, 0.1) is 0 Å². The molecule has 2 heterocycles. The molecule has 6 heteroatoms. The molecule has 0 aromatic heterocycles. The highest BCUT2D eigenvalue weighted by atomic mass is 35.5. The van der Waals surface area contributed by atoms with Gasteiger partial charge in [-0.05, 0) is 44.7 Å². The maximum absolute atomic E-state index is 12.5. The van der Waals surface area contributed by atoms with Crippen LogP contribution < -0.4 is 10.6 Å². The Hall–Kier alpha value is -0.810. The van der Waals surface area contributed by atoms with Crippen molar-refractivity contribution in [2.75, 3.05) is 26.2 Å². The molecule has 3 aliphatic rings. The number of hydrogen-bond acceptors (Lipinski definition) is 3. The van der Waals surface area contributed by atoms with E-state index in [0.717, 1.165) is 51.9 Å². The van der Waals surface area contributed by atoms with Crippen LogP contribution in [0.5, 0.6) is 0 Å². The van der Waals surface area contributed by atoms with Crippen molar-refractivity contribution in [1.29, 1.82) is 0 Å². The Morgan fingerprint density at radius 3 is 2.21 bits per heavy atom. The maximum Gasteiger partial charge on any atom is 0.225 e. The Morgan fingerprint density at radius 1 is 1.04 bits per heavy atom. The van der Waals surface area contributed by atoms with Gasteiger partial charge in [0.15, 0.2) is 0 Å². The van der Waals surface area contributed by atoms with E-state index in [-0.39, 0.29) is 36.2 Å². The van der Waals surface area contributed by atoms with Gasteiger partial charge in [0.25, 0.3) is 0 Å². The van der Waals surface area contributed by atoms with E-state index in [1.165, 1.54) is 19.3 Å². The first-order valence-corrected chi connectivity index (χ1v) is 9.45. The first kappa shape index (κ1) is 19.5. The molecular weight excluding hydrogens is 326 g/mol. The summed E-state index contributed by atoms with van der Waals surface area (Å²) in [5.41, 5.74) is 0. The van der Waals surface area contributed by atoms with E-state index in [0.29, 0.717) is 11.8 Å². The number of carbonyl (C=O) groups is 2. The van der Waals surface area contributed by atoms with Gasteiger partial charge in [-0.1, -0.05) is 26.2 Å². The number of amides is 2. The van der Waals surface area contributed by atoms with Gasteiger partial charge in [-0.15, -0.1) is 12.4 Å². The Morgan fingerprint density at radius 2 is 1.67 bits per heavy atom. The third kappa shape index (κ3) is 4.63. The van der Waals surface area contributed by atoms with Crippen molar-refractivity contribution >= 4 is 24.2 Å². The minimum absolute atomic E-state index is 0. The Labute approximate surface area is 151 Å². The third-order valence-electron chi connectivity index (χ3n) is 6.04. The average Bonchev–Trinajstić information content (AvgIpc) is 2.54. The molecular formula is C18H32ClN3O2. The number of halogens is 1. The molecule has 2 aliphatic heterocycles. The zero-order chi connectivity index (χ0) is 16.2. The zero-order valence-corrected chi connectivity index (χ0v) is 15.6. The lowest BCUT2D eigenvalue weighted by Gasteiger charge is -2.38. The summed E-state index contributed by atoms with van der Waals surface area (Å²) in [4.78, 5) is 26.9. The van der Waals surface area contributed by atoms with Crippen LogP contribution in [0.25, 0.3) is 0 Å². The van der Waals surface area contributed by atoms with Crippen LogP contribution in [0.1, 0.15) is 51.9 Å².